The third kappa shape index (κ3) is 4.15. The lowest BCUT2D eigenvalue weighted by molar-refractivity contribution is 0.0465. The van der Waals surface area contributed by atoms with Gasteiger partial charge in [-0.15, -0.1) is 11.3 Å². The van der Waals surface area contributed by atoms with E-state index in [1.807, 2.05) is 29.6 Å². The van der Waals surface area contributed by atoms with Crippen LogP contribution in [0.5, 0.6) is 11.5 Å². The van der Waals surface area contributed by atoms with E-state index in [1.165, 1.54) is 24.5 Å². The summed E-state index contributed by atoms with van der Waals surface area (Å²) in [6, 6.07) is 12.4. The SMILES string of the molecule is COc1ccc(-c2nc(COC(=O)c3cc(Cl)ccc3OC)cs2)cc1. The van der Waals surface area contributed by atoms with Crippen molar-refractivity contribution in [1.82, 2.24) is 4.98 Å². The van der Waals surface area contributed by atoms with Crippen molar-refractivity contribution in [2.45, 2.75) is 6.61 Å². The number of hydrogen-bond donors (Lipinski definition) is 0. The molecule has 0 fully saturated rings. The summed E-state index contributed by atoms with van der Waals surface area (Å²) in [6.07, 6.45) is 0. The number of hydrogen-bond acceptors (Lipinski definition) is 6. The van der Waals surface area contributed by atoms with Crippen LogP contribution in [-0.4, -0.2) is 25.2 Å². The third-order valence-corrected chi connectivity index (χ3v) is 4.80. The van der Waals surface area contributed by atoms with Crippen LogP contribution in [-0.2, 0) is 11.3 Å². The van der Waals surface area contributed by atoms with Crippen LogP contribution in [0.3, 0.4) is 0 Å². The fraction of sp³-hybridized carbons (Fsp3) is 0.158. The van der Waals surface area contributed by atoms with Gasteiger partial charge in [0.25, 0.3) is 0 Å². The summed E-state index contributed by atoms with van der Waals surface area (Å²) in [4.78, 5) is 16.8. The minimum absolute atomic E-state index is 0.0706. The number of benzene rings is 2. The molecule has 0 N–H and O–H groups in total. The maximum Gasteiger partial charge on any atom is 0.342 e. The Kier molecular flexibility index (Phi) is 5.75. The average molecular weight is 390 g/mol. The topological polar surface area (TPSA) is 57.7 Å². The highest BCUT2D eigenvalue weighted by molar-refractivity contribution is 7.13. The molecule has 0 amide bonds. The number of ether oxygens (including phenoxy) is 3. The molecule has 26 heavy (non-hydrogen) atoms. The van der Waals surface area contributed by atoms with Crippen molar-refractivity contribution in [3.8, 4) is 22.1 Å². The van der Waals surface area contributed by atoms with E-state index in [4.69, 9.17) is 25.8 Å². The summed E-state index contributed by atoms with van der Waals surface area (Å²) in [5.74, 6) is 0.690. The highest BCUT2D eigenvalue weighted by atomic mass is 35.5. The number of thiazole rings is 1. The van der Waals surface area contributed by atoms with Gasteiger partial charge in [0.2, 0.25) is 0 Å². The van der Waals surface area contributed by atoms with Crippen LogP contribution >= 0.6 is 22.9 Å². The lowest BCUT2D eigenvalue weighted by Gasteiger charge is -2.08. The molecule has 0 bridgehead atoms. The highest BCUT2D eigenvalue weighted by Gasteiger charge is 2.15. The van der Waals surface area contributed by atoms with Gasteiger partial charge in [-0.25, -0.2) is 9.78 Å². The number of rotatable bonds is 6. The standard InChI is InChI=1S/C19H16ClNO4S/c1-23-15-6-3-12(4-7-15)18-21-14(11-26-18)10-25-19(22)16-9-13(20)5-8-17(16)24-2/h3-9,11H,10H2,1-2H3. The number of halogens is 1. The Labute approximate surface area is 160 Å². The number of carbonyl (C=O) groups excluding carboxylic acids is 1. The molecule has 1 heterocycles. The second-order valence-corrected chi connectivity index (χ2v) is 6.59. The van der Waals surface area contributed by atoms with Crippen LogP contribution in [0.15, 0.2) is 47.8 Å². The summed E-state index contributed by atoms with van der Waals surface area (Å²) in [7, 11) is 3.11. The van der Waals surface area contributed by atoms with Crippen LogP contribution in [0, 0.1) is 0 Å². The first-order valence-corrected chi connectivity index (χ1v) is 8.96. The van der Waals surface area contributed by atoms with Gasteiger partial charge in [-0.1, -0.05) is 11.6 Å². The van der Waals surface area contributed by atoms with E-state index in [0.717, 1.165) is 16.3 Å². The van der Waals surface area contributed by atoms with Crippen LogP contribution < -0.4 is 9.47 Å². The van der Waals surface area contributed by atoms with Crippen molar-refractivity contribution in [1.29, 1.82) is 0 Å². The lowest BCUT2D eigenvalue weighted by atomic mass is 10.2. The van der Waals surface area contributed by atoms with Gasteiger partial charge in [0, 0.05) is 16.0 Å². The van der Waals surface area contributed by atoms with E-state index < -0.39 is 5.97 Å². The zero-order chi connectivity index (χ0) is 18.5. The molecule has 0 radical (unpaired) electrons. The molecule has 0 saturated heterocycles. The van der Waals surface area contributed by atoms with E-state index in [2.05, 4.69) is 4.98 Å². The molecule has 0 atom stereocenters. The lowest BCUT2D eigenvalue weighted by Crippen LogP contribution is -2.07. The van der Waals surface area contributed by atoms with Gasteiger partial charge >= 0.3 is 5.97 Å². The first-order chi connectivity index (χ1) is 12.6. The summed E-state index contributed by atoms with van der Waals surface area (Å²) in [5, 5.41) is 3.15. The van der Waals surface area contributed by atoms with Crippen LogP contribution in [0.4, 0.5) is 0 Å². The van der Waals surface area contributed by atoms with Crippen LogP contribution in [0.2, 0.25) is 5.02 Å². The van der Waals surface area contributed by atoms with Crippen molar-refractivity contribution in [2.24, 2.45) is 0 Å². The molecule has 0 unspecified atom stereocenters. The molecular formula is C19H16ClNO4S. The van der Waals surface area contributed by atoms with Crippen molar-refractivity contribution in [3.05, 3.63) is 64.1 Å². The van der Waals surface area contributed by atoms with E-state index in [-0.39, 0.29) is 12.2 Å². The Hall–Kier alpha value is -2.57. The minimum atomic E-state index is -0.511. The summed E-state index contributed by atoms with van der Waals surface area (Å²) in [6.45, 7) is 0.0706. The molecule has 1 aromatic heterocycles. The highest BCUT2D eigenvalue weighted by Crippen LogP contribution is 2.27. The van der Waals surface area contributed by atoms with Gasteiger partial charge in [-0.05, 0) is 42.5 Å². The smallest absolute Gasteiger partial charge is 0.342 e. The van der Waals surface area contributed by atoms with Gasteiger partial charge in [0.1, 0.15) is 28.7 Å². The Morgan fingerprint density at radius 3 is 2.58 bits per heavy atom. The molecule has 3 rings (SSSR count). The third-order valence-electron chi connectivity index (χ3n) is 3.62. The molecule has 0 spiro atoms. The number of carbonyl (C=O) groups is 1. The summed E-state index contributed by atoms with van der Waals surface area (Å²) >= 11 is 7.43. The number of methoxy groups -OCH3 is 2. The molecule has 0 aliphatic heterocycles. The van der Waals surface area contributed by atoms with E-state index in [9.17, 15) is 4.79 Å². The fourth-order valence-electron chi connectivity index (χ4n) is 2.30. The normalized spacial score (nSPS) is 10.4. The summed E-state index contributed by atoms with van der Waals surface area (Å²) < 4.78 is 15.7. The van der Waals surface area contributed by atoms with Crippen molar-refractivity contribution >= 4 is 28.9 Å². The molecule has 0 saturated carbocycles. The maximum absolute atomic E-state index is 12.3. The van der Waals surface area contributed by atoms with Gasteiger partial charge in [0.15, 0.2) is 0 Å². The van der Waals surface area contributed by atoms with Gasteiger partial charge in [-0.3, -0.25) is 0 Å². The largest absolute Gasteiger partial charge is 0.497 e. The second kappa shape index (κ2) is 8.21. The monoisotopic (exact) mass is 389 g/mol. The molecule has 0 aliphatic rings. The van der Waals surface area contributed by atoms with Gasteiger partial charge in [-0.2, -0.15) is 0 Å². The maximum atomic E-state index is 12.3. The quantitative estimate of drug-likeness (QED) is 0.565. The first-order valence-electron chi connectivity index (χ1n) is 7.70. The Balaban J connectivity index is 1.68. The molecule has 7 heteroatoms. The van der Waals surface area contributed by atoms with Gasteiger partial charge < -0.3 is 14.2 Å². The minimum Gasteiger partial charge on any atom is -0.497 e. The van der Waals surface area contributed by atoms with Crippen LogP contribution in [0.25, 0.3) is 10.6 Å². The zero-order valence-corrected chi connectivity index (χ0v) is 15.8. The molecule has 2 aromatic carbocycles. The first kappa shape index (κ1) is 18.2. The van der Waals surface area contributed by atoms with Crippen molar-refractivity contribution in [2.75, 3.05) is 14.2 Å². The average Bonchev–Trinajstić information content (AvgIpc) is 3.15. The molecule has 5 nitrogen and oxygen atoms in total. The Morgan fingerprint density at radius 2 is 1.88 bits per heavy atom. The van der Waals surface area contributed by atoms with E-state index in [1.54, 1.807) is 19.2 Å². The molecule has 134 valence electrons. The van der Waals surface area contributed by atoms with E-state index >= 15 is 0 Å². The number of aromatic nitrogens is 1. The number of nitrogens with zero attached hydrogens (tertiary/aromatic N) is 1. The molecular weight excluding hydrogens is 374 g/mol. The van der Waals surface area contributed by atoms with E-state index in [0.29, 0.717) is 16.5 Å². The second-order valence-electron chi connectivity index (χ2n) is 5.29. The summed E-state index contributed by atoms with van der Waals surface area (Å²) in [5.41, 5.74) is 1.94. The van der Waals surface area contributed by atoms with Crippen LogP contribution in [0.1, 0.15) is 16.1 Å². The fourth-order valence-corrected chi connectivity index (χ4v) is 3.28. The predicted octanol–water partition coefficient (Wildman–Crippen LogP) is 4.84. The molecule has 3 aromatic rings. The predicted molar refractivity (Wildman–Crippen MR) is 101 cm³/mol. The van der Waals surface area contributed by atoms with Crippen molar-refractivity contribution < 1.29 is 19.0 Å². The Bertz CT molecular complexity index is 908. The zero-order valence-electron chi connectivity index (χ0n) is 14.2. The molecule has 0 aliphatic carbocycles. The number of esters is 1. The Morgan fingerprint density at radius 1 is 1.12 bits per heavy atom. The van der Waals surface area contributed by atoms with Gasteiger partial charge in [0.05, 0.1) is 19.9 Å². The van der Waals surface area contributed by atoms with Crippen molar-refractivity contribution in [3.63, 3.8) is 0 Å².